The highest BCUT2D eigenvalue weighted by Crippen LogP contribution is 2.30. The van der Waals surface area contributed by atoms with Crippen molar-refractivity contribution in [2.24, 2.45) is 7.05 Å². The van der Waals surface area contributed by atoms with E-state index in [9.17, 15) is 9.59 Å². The van der Waals surface area contributed by atoms with E-state index < -0.39 is 0 Å². The van der Waals surface area contributed by atoms with Crippen LogP contribution >= 0.6 is 0 Å². The lowest BCUT2D eigenvalue weighted by atomic mass is 10.1. The average Bonchev–Trinajstić information content (AvgIpc) is 3.47. The summed E-state index contributed by atoms with van der Waals surface area (Å²) in [5.41, 5.74) is 2.77. The molecule has 0 unspecified atom stereocenters. The van der Waals surface area contributed by atoms with Crippen molar-refractivity contribution in [1.82, 2.24) is 19.4 Å². The fourth-order valence-electron chi connectivity index (χ4n) is 3.72. The number of amides is 2. The predicted molar refractivity (Wildman–Crippen MR) is 127 cm³/mol. The standard InChI is InChI=1S/C25H23N5O4/c1-4-10-30(15-19-8-6-11-34-19)25(32)18-12-20(27-22(31)16-33-3)23-21(13-18)28-24(29(23)2)17-7-5-9-26-14-17/h1,5-9,11-14H,10,15-16H2,2-3H3,(H,27,31). The van der Waals surface area contributed by atoms with Crippen LogP contribution in [0.2, 0.25) is 0 Å². The number of carbonyl (C=O) groups is 2. The number of nitrogens with zero attached hydrogens (tertiary/aromatic N) is 4. The molecular weight excluding hydrogens is 434 g/mol. The number of nitrogens with one attached hydrogen (secondary N) is 1. The van der Waals surface area contributed by atoms with Crippen molar-refractivity contribution < 1.29 is 18.7 Å². The van der Waals surface area contributed by atoms with Crippen LogP contribution in [0.15, 0.2) is 59.5 Å². The first-order valence-electron chi connectivity index (χ1n) is 10.5. The van der Waals surface area contributed by atoms with Gasteiger partial charge in [-0.2, -0.15) is 0 Å². The first-order valence-corrected chi connectivity index (χ1v) is 10.5. The van der Waals surface area contributed by atoms with E-state index in [-0.39, 0.29) is 31.5 Å². The molecule has 1 aromatic carbocycles. The number of furan rings is 1. The molecule has 2 amide bonds. The number of aromatic nitrogens is 3. The molecule has 0 fully saturated rings. The summed E-state index contributed by atoms with van der Waals surface area (Å²) < 4.78 is 12.2. The normalized spacial score (nSPS) is 10.7. The molecule has 4 aromatic rings. The first-order chi connectivity index (χ1) is 16.5. The molecule has 3 aromatic heterocycles. The average molecular weight is 457 g/mol. The fourth-order valence-corrected chi connectivity index (χ4v) is 3.72. The Kier molecular flexibility index (Phi) is 6.71. The van der Waals surface area contributed by atoms with Gasteiger partial charge in [0.2, 0.25) is 5.91 Å². The van der Waals surface area contributed by atoms with Gasteiger partial charge in [-0.15, -0.1) is 6.42 Å². The molecule has 0 aliphatic rings. The van der Waals surface area contributed by atoms with Crippen molar-refractivity contribution in [2.75, 3.05) is 25.6 Å². The third-order valence-corrected chi connectivity index (χ3v) is 5.18. The number of hydrogen-bond acceptors (Lipinski definition) is 6. The van der Waals surface area contributed by atoms with Crippen LogP contribution in [0, 0.1) is 12.3 Å². The summed E-state index contributed by atoms with van der Waals surface area (Å²) in [7, 11) is 3.28. The zero-order valence-electron chi connectivity index (χ0n) is 18.8. The van der Waals surface area contributed by atoms with Crippen molar-refractivity contribution >= 4 is 28.5 Å². The quantitative estimate of drug-likeness (QED) is 0.408. The number of rotatable bonds is 8. The number of methoxy groups -OCH3 is 1. The highest BCUT2D eigenvalue weighted by molar-refractivity contribution is 6.06. The zero-order valence-corrected chi connectivity index (χ0v) is 18.8. The second kappa shape index (κ2) is 10.0. The molecule has 4 rings (SSSR count). The number of fused-ring (bicyclic) bond motifs is 1. The SMILES string of the molecule is C#CCN(Cc1ccco1)C(=O)c1cc(NC(=O)COC)c2c(c1)nc(-c1cccnc1)n2C. The van der Waals surface area contributed by atoms with Gasteiger partial charge in [-0.3, -0.25) is 14.6 Å². The second-order valence-corrected chi connectivity index (χ2v) is 7.55. The van der Waals surface area contributed by atoms with E-state index in [1.54, 1.807) is 36.7 Å². The summed E-state index contributed by atoms with van der Waals surface area (Å²) >= 11 is 0. The molecule has 0 saturated carbocycles. The van der Waals surface area contributed by atoms with Crippen LogP contribution in [0.4, 0.5) is 5.69 Å². The third-order valence-electron chi connectivity index (χ3n) is 5.18. The Hall–Kier alpha value is -4.42. The van der Waals surface area contributed by atoms with Gasteiger partial charge in [0.15, 0.2) is 0 Å². The van der Waals surface area contributed by atoms with E-state index in [0.717, 1.165) is 5.56 Å². The summed E-state index contributed by atoms with van der Waals surface area (Å²) in [6.07, 6.45) is 10.4. The number of ether oxygens (including phenoxy) is 1. The number of pyridine rings is 1. The number of benzene rings is 1. The minimum absolute atomic E-state index is 0.0894. The molecule has 0 saturated heterocycles. The number of terminal acetylenes is 1. The van der Waals surface area contributed by atoms with Gasteiger partial charge in [0.05, 0.1) is 36.1 Å². The van der Waals surface area contributed by atoms with Gasteiger partial charge in [0.25, 0.3) is 5.91 Å². The molecular formula is C25H23N5O4. The Labute approximate surface area is 196 Å². The van der Waals surface area contributed by atoms with Crippen molar-refractivity contribution in [1.29, 1.82) is 0 Å². The van der Waals surface area contributed by atoms with Crippen LogP contribution in [0.25, 0.3) is 22.4 Å². The molecule has 1 N–H and O–H groups in total. The Morgan fingerprint density at radius 3 is 2.82 bits per heavy atom. The summed E-state index contributed by atoms with van der Waals surface area (Å²) in [5.74, 6) is 3.10. The minimum atomic E-state index is -0.353. The van der Waals surface area contributed by atoms with Gasteiger partial charge in [-0.05, 0) is 36.4 Å². The first kappa shape index (κ1) is 22.8. The molecule has 0 aliphatic heterocycles. The smallest absolute Gasteiger partial charge is 0.255 e. The molecule has 3 heterocycles. The van der Waals surface area contributed by atoms with E-state index in [0.29, 0.717) is 33.9 Å². The van der Waals surface area contributed by atoms with Gasteiger partial charge in [-0.25, -0.2) is 4.98 Å². The second-order valence-electron chi connectivity index (χ2n) is 7.55. The molecule has 0 radical (unpaired) electrons. The Morgan fingerprint density at radius 2 is 2.15 bits per heavy atom. The summed E-state index contributed by atoms with van der Waals surface area (Å²) in [5, 5.41) is 2.83. The molecule has 172 valence electrons. The van der Waals surface area contributed by atoms with Crippen molar-refractivity contribution in [3.63, 3.8) is 0 Å². The van der Waals surface area contributed by atoms with Crippen LogP contribution in [0.5, 0.6) is 0 Å². The van der Waals surface area contributed by atoms with Crippen molar-refractivity contribution in [3.05, 3.63) is 66.4 Å². The van der Waals surface area contributed by atoms with E-state index in [1.807, 2.05) is 23.7 Å². The lowest BCUT2D eigenvalue weighted by molar-refractivity contribution is -0.119. The molecule has 9 heteroatoms. The van der Waals surface area contributed by atoms with Gasteiger partial charge in [-0.1, -0.05) is 5.92 Å². The minimum Gasteiger partial charge on any atom is -0.467 e. The van der Waals surface area contributed by atoms with E-state index in [2.05, 4.69) is 16.2 Å². The molecule has 0 bridgehead atoms. The van der Waals surface area contributed by atoms with Gasteiger partial charge in [0, 0.05) is 37.7 Å². The van der Waals surface area contributed by atoms with Crippen LogP contribution in [-0.2, 0) is 23.1 Å². The maximum atomic E-state index is 13.4. The fraction of sp³-hybridized carbons (Fsp3) is 0.200. The largest absolute Gasteiger partial charge is 0.467 e. The molecule has 34 heavy (non-hydrogen) atoms. The molecule has 0 spiro atoms. The number of carbonyl (C=O) groups excluding carboxylic acids is 2. The topological polar surface area (TPSA) is 102 Å². The highest BCUT2D eigenvalue weighted by Gasteiger charge is 2.22. The molecule has 0 atom stereocenters. The van der Waals surface area contributed by atoms with Crippen molar-refractivity contribution in [2.45, 2.75) is 6.54 Å². The summed E-state index contributed by atoms with van der Waals surface area (Å²) in [6.45, 7) is 0.170. The van der Waals surface area contributed by atoms with E-state index in [4.69, 9.17) is 20.6 Å². The van der Waals surface area contributed by atoms with Crippen LogP contribution < -0.4 is 5.32 Å². The number of aryl methyl sites for hydroxylation is 1. The van der Waals surface area contributed by atoms with E-state index in [1.165, 1.54) is 18.3 Å². The highest BCUT2D eigenvalue weighted by atomic mass is 16.5. The van der Waals surface area contributed by atoms with Gasteiger partial charge < -0.3 is 23.9 Å². The van der Waals surface area contributed by atoms with E-state index >= 15 is 0 Å². The number of hydrogen-bond donors (Lipinski definition) is 1. The lowest BCUT2D eigenvalue weighted by Crippen LogP contribution is -2.31. The molecule has 9 nitrogen and oxygen atoms in total. The van der Waals surface area contributed by atoms with Crippen LogP contribution in [0.3, 0.4) is 0 Å². The van der Waals surface area contributed by atoms with Crippen LogP contribution in [-0.4, -0.2) is 51.5 Å². The number of imidazole rings is 1. The van der Waals surface area contributed by atoms with Crippen molar-refractivity contribution in [3.8, 4) is 23.7 Å². The third kappa shape index (κ3) is 4.67. The maximum absolute atomic E-state index is 13.4. The lowest BCUT2D eigenvalue weighted by Gasteiger charge is -2.20. The van der Waals surface area contributed by atoms with Gasteiger partial charge >= 0.3 is 0 Å². The Morgan fingerprint density at radius 1 is 1.29 bits per heavy atom. The molecule has 0 aliphatic carbocycles. The monoisotopic (exact) mass is 457 g/mol. The van der Waals surface area contributed by atoms with Gasteiger partial charge in [0.1, 0.15) is 18.2 Å². The van der Waals surface area contributed by atoms with Crippen LogP contribution in [0.1, 0.15) is 16.1 Å². The maximum Gasteiger partial charge on any atom is 0.255 e. The predicted octanol–water partition coefficient (Wildman–Crippen LogP) is 3.09. The zero-order chi connectivity index (χ0) is 24.1. The number of anilines is 1. The Bertz CT molecular complexity index is 1350. The summed E-state index contributed by atoms with van der Waals surface area (Å²) in [4.78, 5) is 36.2. The summed E-state index contributed by atoms with van der Waals surface area (Å²) in [6, 6.07) is 10.5. The Balaban J connectivity index is 1.81.